The van der Waals surface area contributed by atoms with Crippen molar-refractivity contribution in [1.29, 1.82) is 0 Å². The van der Waals surface area contributed by atoms with Gasteiger partial charge in [0.2, 0.25) is 0 Å². The molecule has 0 aliphatic carbocycles. The number of nitrogens with two attached hydrogens (primary N) is 1. The maximum Gasteiger partial charge on any atom is 0.422 e. The fraction of sp³-hybridized carbons (Fsp3) is 0.364. The van der Waals surface area contributed by atoms with E-state index in [0.29, 0.717) is 12.2 Å². The summed E-state index contributed by atoms with van der Waals surface area (Å²) in [6.45, 7) is 3.52. The summed E-state index contributed by atoms with van der Waals surface area (Å²) in [6, 6.07) is 6.55. The van der Waals surface area contributed by atoms with Gasteiger partial charge >= 0.3 is 16.3 Å². The molecule has 0 radical (unpaired) electrons. The third-order valence-corrected chi connectivity index (χ3v) is 2.92. The second-order valence-corrected chi connectivity index (χ2v) is 5.48. The quantitative estimate of drug-likeness (QED) is 0.746. The summed E-state index contributed by atoms with van der Waals surface area (Å²) >= 11 is 0. The van der Waals surface area contributed by atoms with E-state index in [1.165, 1.54) is 0 Å². The van der Waals surface area contributed by atoms with Gasteiger partial charge in [0.1, 0.15) is 0 Å². The summed E-state index contributed by atoms with van der Waals surface area (Å²) in [4.78, 5) is 11.2. The van der Waals surface area contributed by atoms with Crippen LogP contribution in [0.25, 0.3) is 0 Å². The van der Waals surface area contributed by atoms with Crippen LogP contribution in [0.2, 0.25) is 0 Å². The number of carbonyl (C=O) groups excluding carboxylic acids is 1. The zero-order valence-electron chi connectivity index (χ0n) is 10.7. The Morgan fingerprint density at radius 3 is 2.68 bits per heavy atom. The Bertz CT molecular complexity index is 543. The second kappa shape index (κ2) is 6.39. The van der Waals surface area contributed by atoms with Gasteiger partial charge in [-0.1, -0.05) is 12.1 Å². The SMILES string of the molecule is CC(C)OC(=O)NS(=O)(=O)Nc1cccc(CN)c1. The van der Waals surface area contributed by atoms with Crippen LogP contribution in [0, 0.1) is 0 Å². The van der Waals surface area contributed by atoms with Gasteiger partial charge in [0.15, 0.2) is 0 Å². The van der Waals surface area contributed by atoms with Crippen LogP contribution in [0.3, 0.4) is 0 Å². The lowest BCUT2D eigenvalue weighted by Crippen LogP contribution is -2.36. The van der Waals surface area contributed by atoms with E-state index in [2.05, 4.69) is 9.46 Å². The molecule has 1 aromatic carbocycles. The number of carbonyl (C=O) groups is 1. The minimum atomic E-state index is -4.02. The molecule has 0 heterocycles. The van der Waals surface area contributed by atoms with Gasteiger partial charge in [0.25, 0.3) is 0 Å². The molecule has 0 saturated heterocycles. The number of nitrogens with one attached hydrogen (secondary N) is 2. The van der Waals surface area contributed by atoms with Crippen LogP contribution in [0.4, 0.5) is 10.5 Å². The van der Waals surface area contributed by atoms with Crippen molar-refractivity contribution in [2.45, 2.75) is 26.5 Å². The van der Waals surface area contributed by atoms with Crippen molar-refractivity contribution in [3.05, 3.63) is 29.8 Å². The molecule has 1 amide bonds. The maximum absolute atomic E-state index is 11.6. The van der Waals surface area contributed by atoms with Crippen LogP contribution in [0.1, 0.15) is 19.4 Å². The molecule has 0 fully saturated rings. The number of hydrogen-bond acceptors (Lipinski definition) is 5. The highest BCUT2D eigenvalue weighted by Gasteiger charge is 2.16. The second-order valence-electron chi connectivity index (χ2n) is 4.07. The van der Waals surface area contributed by atoms with Gasteiger partial charge in [-0.05, 0) is 31.5 Å². The fourth-order valence-electron chi connectivity index (χ4n) is 1.29. The smallest absolute Gasteiger partial charge is 0.422 e. The van der Waals surface area contributed by atoms with Gasteiger partial charge in [-0.2, -0.15) is 8.42 Å². The lowest BCUT2D eigenvalue weighted by Gasteiger charge is -2.11. The van der Waals surface area contributed by atoms with Gasteiger partial charge in [-0.3, -0.25) is 4.72 Å². The topological polar surface area (TPSA) is 111 Å². The number of ether oxygens (including phenoxy) is 1. The molecule has 1 aromatic rings. The summed E-state index contributed by atoms with van der Waals surface area (Å²) in [5, 5.41) is 0. The molecule has 7 nitrogen and oxygen atoms in total. The zero-order chi connectivity index (χ0) is 14.5. The molecular formula is C11H17N3O4S. The van der Waals surface area contributed by atoms with E-state index in [-0.39, 0.29) is 0 Å². The molecule has 0 bridgehead atoms. The Balaban J connectivity index is 2.71. The molecule has 0 aromatic heterocycles. The first-order valence-corrected chi connectivity index (χ1v) is 7.11. The van der Waals surface area contributed by atoms with Gasteiger partial charge < -0.3 is 10.5 Å². The van der Waals surface area contributed by atoms with Crippen molar-refractivity contribution in [2.24, 2.45) is 5.73 Å². The highest BCUT2D eigenvalue weighted by molar-refractivity contribution is 7.91. The number of hydrogen-bond donors (Lipinski definition) is 3. The molecule has 19 heavy (non-hydrogen) atoms. The van der Waals surface area contributed by atoms with E-state index in [0.717, 1.165) is 5.56 Å². The first kappa shape index (κ1) is 15.3. The van der Waals surface area contributed by atoms with Gasteiger partial charge in [-0.15, -0.1) is 0 Å². The minimum Gasteiger partial charge on any atom is -0.446 e. The van der Waals surface area contributed by atoms with E-state index in [4.69, 9.17) is 5.73 Å². The molecule has 0 saturated carbocycles. The molecule has 1 rings (SSSR count). The summed E-state index contributed by atoms with van der Waals surface area (Å²) in [7, 11) is -4.02. The highest BCUT2D eigenvalue weighted by atomic mass is 32.2. The molecular weight excluding hydrogens is 270 g/mol. The van der Waals surface area contributed by atoms with Crippen LogP contribution in [0.15, 0.2) is 24.3 Å². The molecule has 0 spiro atoms. The Kier molecular flexibility index (Phi) is 5.13. The van der Waals surface area contributed by atoms with Crippen LogP contribution < -0.4 is 15.2 Å². The molecule has 0 aliphatic heterocycles. The molecule has 0 atom stereocenters. The van der Waals surface area contributed by atoms with Crippen molar-refractivity contribution >= 4 is 22.0 Å². The monoisotopic (exact) mass is 287 g/mol. The van der Waals surface area contributed by atoms with Crippen molar-refractivity contribution in [1.82, 2.24) is 4.72 Å². The van der Waals surface area contributed by atoms with Crippen molar-refractivity contribution in [3.8, 4) is 0 Å². The summed E-state index contributed by atoms with van der Waals surface area (Å²) in [6.07, 6.45) is -1.44. The zero-order valence-corrected chi connectivity index (χ0v) is 11.5. The van der Waals surface area contributed by atoms with E-state index in [1.807, 2.05) is 0 Å². The number of rotatable bonds is 5. The summed E-state index contributed by atoms with van der Waals surface area (Å²) < 4.78 is 31.9. The number of anilines is 1. The standard InChI is InChI=1S/C11H17N3O4S/c1-8(2)18-11(15)14-19(16,17)13-10-5-3-4-9(6-10)7-12/h3-6,8,13H,7,12H2,1-2H3,(H,14,15). The Labute approximate surface area is 112 Å². The molecule has 0 aliphatic rings. The van der Waals surface area contributed by atoms with Crippen LogP contribution >= 0.6 is 0 Å². The normalized spacial score (nSPS) is 11.2. The van der Waals surface area contributed by atoms with Gasteiger partial charge in [-0.25, -0.2) is 9.52 Å². The van der Waals surface area contributed by atoms with Crippen molar-refractivity contribution < 1.29 is 17.9 Å². The Morgan fingerprint density at radius 2 is 2.11 bits per heavy atom. The average molecular weight is 287 g/mol. The Hall–Kier alpha value is -1.80. The third kappa shape index (κ3) is 5.58. The predicted molar refractivity (Wildman–Crippen MR) is 71.6 cm³/mol. The predicted octanol–water partition coefficient (Wildman–Crippen LogP) is 0.937. The van der Waals surface area contributed by atoms with E-state index in [1.54, 1.807) is 42.8 Å². The lowest BCUT2D eigenvalue weighted by atomic mass is 10.2. The van der Waals surface area contributed by atoms with Gasteiger partial charge in [0.05, 0.1) is 11.8 Å². The van der Waals surface area contributed by atoms with Gasteiger partial charge in [0, 0.05) is 6.54 Å². The summed E-state index contributed by atoms with van der Waals surface area (Å²) in [5.74, 6) is 0. The lowest BCUT2D eigenvalue weighted by molar-refractivity contribution is 0.121. The van der Waals surface area contributed by atoms with Crippen molar-refractivity contribution in [2.75, 3.05) is 4.72 Å². The van der Waals surface area contributed by atoms with Crippen molar-refractivity contribution in [3.63, 3.8) is 0 Å². The maximum atomic E-state index is 11.6. The molecule has 0 unspecified atom stereocenters. The van der Waals surface area contributed by atoms with E-state index in [9.17, 15) is 13.2 Å². The molecule has 8 heteroatoms. The summed E-state index contributed by atoms with van der Waals surface area (Å²) in [5.41, 5.74) is 6.53. The molecule has 106 valence electrons. The molecule has 4 N–H and O–H groups in total. The Morgan fingerprint density at radius 1 is 1.42 bits per heavy atom. The highest BCUT2D eigenvalue weighted by Crippen LogP contribution is 2.11. The first-order chi connectivity index (χ1) is 8.82. The van der Waals surface area contributed by atoms with E-state index < -0.39 is 22.4 Å². The minimum absolute atomic E-state index is 0.290. The largest absolute Gasteiger partial charge is 0.446 e. The third-order valence-electron chi connectivity index (χ3n) is 1.98. The van der Waals surface area contributed by atoms with E-state index >= 15 is 0 Å². The number of benzene rings is 1. The average Bonchev–Trinajstić information content (AvgIpc) is 2.26. The fourth-order valence-corrected chi connectivity index (χ4v) is 2.05. The number of amides is 1. The van der Waals surface area contributed by atoms with Crippen LogP contribution in [-0.2, 0) is 21.5 Å². The van der Waals surface area contributed by atoms with Crippen LogP contribution in [-0.4, -0.2) is 20.6 Å². The van der Waals surface area contributed by atoms with Crippen LogP contribution in [0.5, 0.6) is 0 Å². The first-order valence-electron chi connectivity index (χ1n) is 5.62.